The molecule has 2 aliphatic heterocycles. The zero-order valence-electron chi connectivity index (χ0n) is 17.3. The van der Waals surface area contributed by atoms with E-state index in [1.54, 1.807) is 25.7 Å². The van der Waals surface area contributed by atoms with E-state index in [1.165, 1.54) is 6.07 Å². The Labute approximate surface area is 173 Å². The Bertz CT molecular complexity index is 868. The van der Waals surface area contributed by atoms with Gasteiger partial charge in [0.2, 0.25) is 0 Å². The van der Waals surface area contributed by atoms with Gasteiger partial charge in [-0.05, 0) is 64.5 Å². The molecule has 2 amide bonds. The zero-order valence-corrected chi connectivity index (χ0v) is 17.3. The average molecular weight is 425 g/mol. The lowest BCUT2D eigenvalue weighted by Crippen LogP contribution is -2.56. The predicted molar refractivity (Wildman–Crippen MR) is 102 cm³/mol. The standard InChI is InChI=1S/C21H26F3N3O3/c1-19(2,3)30-18(29)25-11-20-8-12(9-20)10-27(20)17(28)14-6-15(13-4-5-13)26-16(7-14)21(22,23)24/h6-7,12-13H,4-5,8-11H2,1-3H3,(H,25,29). The Hall–Kier alpha value is -2.32. The highest BCUT2D eigenvalue weighted by molar-refractivity contribution is 5.95. The van der Waals surface area contributed by atoms with Crippen LogP contribution in [0, 0.1) is 5.92 Å². The van der Waals surface area contributed by atoms with Crippen LogP contribution in [-0.2, 0) is 10.9 Å². The molecule has 30 heavy (non-hydrogen) atoms. The zero-order chi connectivity index (χ0) is 21.9. The number of fused-ring (bicyclic) bond motifs is 1. The second-order valence-electron chi connectivity index (χ2n) is 9.71. The van der Waals surface area contributed by atoms with Crippen LogP contribution in [0.4, 0.5) is 18.0 Å². The van der Waals surface area contributed by atoms with Crippen molar-refractivity contribution in [3.63, 3.8) is 0 Å². The fourth-order valence-electron chi connectivity index (χ4n) is 4.47. The smallest absolute Gasteiger partial charge is 0.433 e. The maximum absolute atomic E-state index is 13.3. The number of nitrogens with one attached hydrogen (secondary N) is 1. The van der Waals surface area contributed by atoms with E-state index in [1.807, 2.05) is 0 Å². The van der Waals surface area contributed by atoms with Crippen molar-refractivity contribution < 1.29 is 27.5 Å². The van der Waals surface area contributed by atoms with Gasteiger partial charge in [0.1, 0.15) is 11.3 Å². The summed E-state index contributed by atoms with van der Waals surface area (Å²) in [7, 11) is 0. The number of carbonyl (C=O) groups excluding carboxylic acids is 2. The highest BCUT2D eigenvalue weighted by atomic mass is 19.4. The predicted octanol–water partition coefficient (Wildman–Crippen LogP) is 4.11. The van der Waals surface area contributed by atoms with Gasteiger partial charge < -0.3 is 15.0 Å². The second kappa shape index (κ2) is 6.85. The fourth-order valence-corrected chi connectivity index (χ4v) is 4.47. The first kappa shape index (κ1) is 20.9. The molecule has 1 N–H and O–H groups in total. The van der Waals surface area contributed by atoms with Crippen molar-refractivity contribution in [2.24, 2.45) is 5.92 Å². The molecule has 0 unspecified atom stereocenters. The van der Waals surface area contributed by atoms with Crippen LogP contribution in [0.25, 0.3) is 0 Å². The first-order valence-corrected chi connectivity index (χ1v) is 10.2. The average Bonchev–Trinajstić information content (AvgIpc) is 3.30. The number of pyridine rings is 1. The molecule has 1 aromatic heterocycles. The van der Waals surface area contributed by atoms with Gasteiger partial charge in [-0.3, -0.25) is 4.79 Å². The summed E-state index contributed by atoms with van der Waals surface area (Å²) in [5.74, 6) is -0.133. The topological polar surface area (TPSA) is 71.5 Å². The Morgan fingerprint density at radius 3 is 2.47 bits per heavy atom. The van der Waals surface area contributed by atoms with Crippen LogP contribution >= 0.6 is 0 Å². The minimum Gasteiger partial charge on any atom is -0.444 e. The number of halogens is 3. The third-order valence-electron chi connectivity index (χ3n) is 5.93. The van der Waals surface area contributed by atoms with Crippen molar-refractivity contribution in [3.05, 3.63) is 29.1 Å². The number of alkyl halides is 3. The third-order valence-corrected chi connectivity index (χ3v) is 5.93. The summed E-state index contributed by atoms with van der Waals surface area (Å²) in [4.78, 5) is 30.6. The van der Waals surface area contributed by atoms with E-state index in [9.17, 15) is 22.8 Å². The summed E-state index contributed by atoms with van der Waals surface area (Å²) >= 11 is 0. The van der Waals surface area contributed by atoms with Gasteiger partial charge in [0, 0.05) is 30.3 Å². The van der Waals surface area contributed by atoms with Gasteiger partial charge in [0.15, 0.2) is 0 Å². The number of rotatable bonds is 4. The van der Waals surface area contributed by atoms with E-state index in [0.717, 1.165) is 31.7 Å². The molecule has 5 rings (SSSR count). The van der Waals surface area contributed by atoms with Gasteiger partial charge in [0.05, 0.1) is 5.54 Å². The SMILES string of the molecule is CC(C)(C)OC(=O)NCC12CC(CN1C(=O)c1cc(C3CC3)nc(C(F)(F)F)c1)C2. The molecular formula is C21H26F3N3O3. The number of alkyl carbamates (subject to hydrolysis) is 1. The van der Waals surface area contributed by atoms with Gasteiger partial charge in [0.25, 0.3) is 5.91 Å². The lowest BCUT2D eigenvalue weighted by atomic mass is 9.73. The third kappa shape index (κ3) is 4.11. The molecule has 0 atom stereocenters. The van der Waals surface area contributed by atoms with Crippen LogP contribution in [0.5, 0.6) is 0 Å². The molecule has 0 spiro atoms. The molecule has 0 aromatic carbocycles. The Morgan fingerprint density at radius 1 is 1.23 bits per heavy atom. The Morgan fingerprint density at radius 2 is 1.90 bits per heavy atom. The summed E-state index contributed by atoms with van der Waals surface area (Å²) < 4.78 is 45.2. The highest BCUT2D eigenvalue weighted by Crippen LogP contribution is 2.51. The van der Waals surface area contributed by atoms with E-state index in [-0.39, 0.29) is 18.0 Å². The lowest BCUT2D eigenvalue weighted by Gasteiger charge is -2.42. The monoisotopic (exact) mass is 425 g/mol. The highest BCUT2D eigenvalue weighted by Gasteiger charge is 2.58. The van der Waals surface area contributed by atoms with E-state index in [4.69, 9.17) is 4.74 Å². The van der Waals surface area contributed by atoms with Crippen molar-refractivity contribution >= 4 is 12.0 Å². The molecule has 4 aliphatic rings. The number of hydrogen-bond donors (Lipinski definition) is 1. The van der Waals surface area contributed by atoms with Gasteiger partial charge in [-0.25, -0.2) is 9.78 Å². The minimum absolute atomic E-state index is 0.00565. The molecule has 2 bridgehead atoms. The molecule has 164 valence electrons. The second-order valence-corrected chi connectivity index (χ2v) is 9.71. The van der Waals surface area contributed by atoms with Gasteiger partial charge in [-0.2, -0.15) is 13.2 Å². The van der Waals surface area contributed by atoms with Crippen molar-refractivity contribution in [3.8, 4) is 0 Å². The molecule has 3 heterocycles. The number of hydrogen-bond acceptors (Lipinski definition) is 4. The molecule has 1 aromatic rings. The molecule has 2 saturated carbocycles. The molecule has 9 heteroatoms. The van der Waals surface area contributed by atoms with Crippen molar-refractivity contribution in [2.75, 3.05) is 13.1 Å². The quantitative estimate of drug-likeness (QED) is 0.788. The molecule has 6 nitrogen and oxygen atoms in total. The minimum atomic E-state index is -4.61. The van der Waals surface area contributed by atoms with Gasteiger partial charge in [-0.15, -0.1) is 0 Å². The molecule has 2 aliphatic carbocycles. The van der Waals surface area contributed by atoms with Crippen LogP contribution < -0.4 is 5.32 Å². The molecule has 4 fully saturated rings. The number of nitrogens with zero attached hydrogens (tertiary/aromatic N) is 2. The summed E-state index contributed by atoms with van der Waals surface area (Å²) in [6.45, 7) is 5.98. The first-order chi connectivity index (χ1) is 13.9. The number of carbonyl (C=O) groups is 2. The van der Waals surface area contributed by atoms with Crippen LogP contribution in [0.15, 0.2) is 12.1 Å². The van der Waals surface area contributed by atoms with E-state index in [2.05, 4.69) is 10.3 Å². The fraction of sp³-hybridized carbons (Fsp3) is 0.667. The van der Waals surface area contributed by atoms with Gasteiger partial charge >= 0.3 is 12.3 Å². The summed E-state index contributed by atoms with van der Waals surface area (Å²) in [5.41, 5.74) is -1.88. The summed E-state index contributed by atoms with van der Waals surface area (Å²) in [6.07, 6.45) is -2.15. The lowest BCUT2D eigenvalue weighted by molar-refractivity contribution is -0.141. The van der Waals surface area contributed by atoms with E-state index in [0.29, 0.717) is 18.2 Å². The molecular weight excluding hydrogens is 399 g/mol. The van der Waals surface area contributed by atoms with E-state index >= 15 is 0 Å². The Balaban J connectivity index is 1.53. The van der Waals surface area contributed by atoms with Crippen molar-refractivity contribution in [1.82, 2.24) is 15.2 Å². The largest absolute Gasteiger partial charge is 0.444 e. The van der Waals surface area contributed by atoms with E-state index < -0.39 is 35.0 Å². The summed E-state index contributed by atoms with van der Waals surface area (Å²) in [6, 6.07) is 2.35. The van der Waals surface area contributed by atoms with Gasteiger partial charge in [-0.1, -0.05) is 0 Å². The Kier molecular flexibility index (Phi) is 4.78. The maximum Gasteiger partial charge on any atom is 0.433 e. The first-order valence-electron chi connectivity index (χ1n) is 10.2. The van der Waals surface area contributed by atoms with Crippen LogP contribution in [0.3, 0.4) is 0 Å². The van der Waals surface area contributed by atoms with Crippen molar-refractivity contribution in [2.45, 2.75) is 69.7 Å². The van der Waals surface area contributed by atoms with Crippen LogP contribution in [0.1, 0.15) is 74.1 Å². The number of aromatic nitrogens is 1. The normalized spacial score (nSPS) is 25.7. The number of amides is 2. The van der Waals surface area contributed by atoms with Crippen LogP contribution in [-0.4, -0.2) is 46.1 Å². The molecule has 0 radical (unpaired) electrons. The number of ether oxygens (including phenoxy) is 1. The maximum atomic E-state index is 13.3. The summed E-state index contributed by atoms with van der Waals surface area (Å²) in [5, 5.41) is 2.72. The van der Waals surface area contributed by atoms with Crippen LogP contribution in [0.2, 0.25) is 0 Å². The molecule has 2 saturated heterocycles. The van der Waals surface area contributed by atoms with Crippen molar-refractivity contribution in [1.29, 1.82) is 0 Å².